The summed E-state index contributed by atoms with van der Waals surface area (Å²) in [5, 5.41) is 12.4. The van der Waals surface area contributed by atoms with Gasteiger partial charge >= 0.3 is 5.97 Å². The first kappa shape index (κ1) is 16.6. The number of likely N-dealkylation sites (tertiary alicyclic amines) is 1. The molecule has 2 aromatic rings. The van der Waals surface area contributed by atoms with E-state index in [2.05, 4.69) is 4.98 Å². The van der Waals surface area contributed by atoms with E-state index in [1.165, 1.54) is 0 Å². The maximum absolute atomic E-state index is 12.8. The molecule has 2 heterocycles. The number of rotatable bonds is 3. The van der Waals surface area contributed by atoms with E-state index >= 15 is 0 Å². The molecule has 0 saturated carbocycles. The monoisotopic (exact) mass is 344 g/mol. The SMILES string of the molecule is Cc1nc(-c2cccc(C(=O)N3CCCC(C)(C(=O)O)C3)c2)cs1. The normalized spacial score (nSPS) is 20.8. The van der Waals surface area contributed by atoms with Gasteiger partial charge in [0.2, 0.25) is 0 Å². The van der Waals surface area contributed by atoms with Crippen LogP contribution in [0, 0.1) is 12.3 Å². The van der Waals surface area contributed by atoms with Crippen LogP contribution in [0.5, 0.6) is 0 Å². The van der Waals surface area contributed by atoms with Crippen LogP contribution in [0.25, 0.3) is 11.3 Å². The molecule has 0 spiro atoms. The number of carboxylic acid groups (broad SMARTS) is 1. The molecular weight excluding hydrogens is 324 g/mol. The molecule has 3 rings (SSSR count). The number of aliphatic carboxylic acids is 1. The molecule has 0 radical (unpaired) electrons. The van der Waals surface area contributed by atoms with Gasteiger partial charge in [-0.1, -0.05) is 12.1 Å². The molecule has 1 N–H and O–H groups in total. The van der Waals surface area contributed by atoms with E-state index in [1.54, 1.807) is 29.2 Å². The molecule has 1 aliphatic heterocycles. The van der Waals surface area contributed by atoms with E-state index in [9.17, 15) is 14.7 Å². The number of piperidine rings is 1. The van der Waals surface area contributed by atoms with Crippen LogP contribution in [0.15, 0.2) is 29.6 Å². The standard InChI is InChI=1S/C18H20N2O3S/c1-12-19-15(10-24-12)13-5-3-6-14(9-13)16(21)20-8-4-7-18(2,11-20)17(22)23/h3,5-6,9-10H,4,7-8,11H2,1-2H3,(H,22,23). The van der Waals surface area contributed by atoms with Crippen LogP contribution in [-0.4, -0.2) is 40.0 Å². The van der Waals surface area contributed by atoms with Gasteiger partial charge in [0.1, 0.15) is 0 Å². The van der Waals surface area contributed by atoms with E-state index in [0.717, 1.165) is 16.3 Å². The zero-order valence-corrected chi connectivity index (χ0v) is 14.6. The van der Waals surface area contributed by atoms with Crippen molar-refractivity contribution in [2.45, 2.75) is 26.7 Å². The highest BCUT2D eigenvalue weighted by molar-refractivity contribution is 7.09. The smallest absolute Gasteiger partial charge is 0.311 e. The van der Waals surface area contributed by atoms with Crippen molar-refractivity contribution < 1.29 is 14.7 Å². The summed E-state index contributed by atoms with van der Waals surface area (Å²) >= 11 is 1.57. The second kappa shape index (κ2) is 6.36. The molecule has 1 saturated heterocycles. The third kappa shape index (κ3) is 3.19. The molecule has 1 unspecified atom stereocenters. The number of hydrogen-bond acceptors (Lipinski definition) is 4. The first-order valence-electron chi connectivity index (χ1n) is 7.94. The number of hydrogen-bond donors (Lipinski definition) is 1. The van der Waals surface area contributed by atoms with E-state index in [0.29, 0.717) is 24.9 Å². The first-order chi connectivity index (χ1) is 11.4. The lowest BCUT2D eigenvalue weighted by Crippen LogP contribution is -2.48. The fourth-order valence-corrected chi connectivity index (χ4v) is 3.70. The van der Waals surface area contributed by atoms with Gasteiger partial charge in [-0.2, -0.15) is 0 Å². The number of benzene rings is 1. The third-order valence-electron chi connectivity index (χ3n) is 4.52. The Morgan fingerprint density at radius 1 is 1.38 bits per heavy atom. The first-order valence-corrected chi connectivity index (χ1v) is 8.82. The van der Waals surface area contributed by atoms with Gasteiger partial charge in [0.25, 0.3) is 5.91 Å². The second-order valence-electron chi connectivity index (χ2n) is 6.53. The fourth-order valence-electron chi connectivity index (χ4n) is 3.08. The predicted octanol–water partition coefficient (Wildman–Crippen LogP) is 3.45. The van der Waals surface area contributed by atoms with Crippen LogP contribution in [0.1, 0.15) is 35.1 Å². The maximum Gasteiger partial charge on any atom is 0.311 e. The molecule has 1 fully saturated rings. The van der Waals surface area contributed by atoms with E-state index < -0.39 is 11.4 Å². The molecule has 1 aromatic carbocycles. The van der Waals surface area contributed by atoms with Gasteiger partial charge in [-0.25, -0.2) is 4.98 Å². The number of aryl methyl sites for hydroxylation is 1. The third-order valence-corrected chi connectivity index (χ3v) is 5.30. The van der Waals surface area contributed by atoms with Crippen molar-refractivity contribution in [2.24, 2.45) is 5.41 Å². The summed E-state index contributed by atoms with van der Waals surface area (Å²) in [6.07, 6.45) is 1.31. The Kier molecular flexibility index (Phi) is 4.41. The van der Waals surface area contributed by atoms with Crippen molar-refractivity contribution in [3.8, 4) is 11.3 Å². The Bertz CT molecular complexity index is 786. The van der Waals surface area contributed by atoms with Crippen molar-refractivity contribution in [3.05, 3.63) is 40.2 Å². The average molecular weight is 344 g/mol. The van der Waals surface area contributed by atoms with Crippen LogP contribution >= 0.6 is 11.3 Å². The van der Waals surface area contributed by atoms with Crippen molar-refractivity contribution in [1.82, 2.24) is 9.88 Å². The molecular formula is C18H20N2O3S. The van der Waals surface area contributed by atoms with Crippen LogP contribution in [0.2, 0.25) is 0 Å². The molecule has 24 heavy (non-hydrogen) atoms. The van der Waals surface area contributed by atoms with Gasteiger partial charge in [0, 0.05) is 29.6 Å². The van der Waals surface area contributed by atoms with Crippen LogP contribution < -0.4 is 0 Å². The highest BCUT2D eigenvalue weighted by atomic mass is 32.1. The Morgan fingerprint density at radius 2 is 2.17 bits per heavy atom. The van der Waals surface area contributed by atoms with Gasteiger partial charge in [-0.05, 0) is 38.8 Å². The zero-order valence-electron chi connectivity index (χ0n) is 13.8. The number of carboxylic acids is 1. The molecule has 0 aliphatic carbocycles. The summed E-state index contributed by atoms with van der Waals surface area (Å²) in [7, 11) is 0. The summed E-state index contributed by atoms with van der Waals surface area (Å²) in [5.41, 5.74) is 1.48. The van der Waals surface area contributed by atoms with E-state index in [4.69, 9.17) is 0 Å². The summed E-state index contributed by atoms with van der Waals surface area (Å²) in [6, 6.07) is 7.39. The van der Waals surface area contributed by atoms with Gasteiger partial charge < -0.3 is 10.0 Å². The molecule has 1 aliphatic rings. The lowest BCUT2D eigenvalue weighted by molar-refractivity contribution is -0.150. The Balaban J connectivity index is 1.84. The Hall–Kier alpha value is -2.21. The lowest BCUT2D eigenvalue weighted by Gasteiger charge is -2.37. The number of carbonyl (C=O) groups excluding carboxylic acids is 1. The van der Waals surface area contributed by atoms with E-state index in [-0.39, 0.29) is 12.5 Å². The van der Waals surface area contributed by atoms with Crippen molar-refractivity contribution in [1.29, 1.82) is 0 Å². The topological polar surface area (TPSA) is 70.5 Å². The van der Waals surface area contributed by atoms with Gasteiger partial charge in [-0.15, -0.1) is 11.3 Å². The summed E-state index contributed by atoms with van der Waals surface area (Å²) in [4.78, 5) is 30.4. The van der Waals surface area contributed by atoms with Gasteiger partial charge in [0.05, 0.1) is 16.1 Å². The molecule has 5 nitrogen and oxygen atoms in total. The van der Waals surface area contributed by atoms with Crippen molar-refractivity contribution in [2.75, 3.05) is 13.1 Å². The molecule has 126 valence electrons. The van der Waals surface area contributed by atoms with Crippen LogP contribution in [0.4, 0.5) is 0 Å². The quantitative estimate of drug-likeness (QED) is 0.926. The van der Waals surface area contributed by atoms with E-state index in [1.807, 2.05) is 30.5 Å². The van der Waals surface area contributed by atoms with Crippen LogP contribution in [0.3, 0.4) is 0 Å². The number of amides is 1. The largest absolute Gasteiger partial charge is 0.481 e. The highest BCUT2D eigenvalue weighted by Crippen LogP contribution is 2.31. The van der Waals surface area contributed by atoms with Gasteiger partial charge in [-0.3, -0.25) is 9.59 Å². The summed E-state index contributed by atoms with van der Waals surface area (Å²) < 4.78 is 0. The summed E-state index contributed by atoms with van der Waals surface area (Å²) in [5.74, 6) is -0.956. The minimum Gasteiger partial charge on any atom is -0.481 e. The lowest BCUT2D eigenvalue weighted by atomic mass is 9.82. The number of thiazole rings is 1. The Labute approximate surface area is 145 Å². The van der Waals surface area contributed by atoms with Crippen molar-refractivity contribution in [3.63, 3.8) is 0 Å². The molecule has 1 atom stereocenters. The minimum atomic E-state index is -0.864. The number of carbonyl (C=O) groups is 2. The number of aromatic nitrogens is 1. The molecule has 0 bridgehead atoms. The Morgan fingerprint density at radius 3 is 2.83 bits per heavy atom. The van der Waals surface area contributed by atoms with Crippen LogP contribution in [-0.2, 0) is 4.79 Å². The molecule has 1 aromatic heterocycles. The fraction of sp³-hybridized carbons (Fsp3) is 0.389. The van der Waals surface area contributed by atoms with Crippen molar-refractivity contribution >= 4 is 23.2 Å². The van der Waals surface area contributed by atoms with Gasteiger partial charge in [0.15, 0.2) is 0 Å². The summed E-state index contributed by atoms with van der Waals surface area (Å²) in [6.45, 7) is 4.51. The maximum atomic E-state index is 12.8. The predicted molar refractivity (Wildman–Crippen MR) is 93.2 cm³/mol. The molecule has 1 amide bonds. The zero-order chi connectivity index (χ0) is 17.3. The average Bonchev–Trinajstić information content (AvgIpc) is 3.01. The second-order valence-corrected chi connectivity index (χ2v) is 7.59. The highest BCUT2D eigenvalue weighted by Gasteiger charge is 2.39. The number of nitrogens with zero attached hydrogens (tertiary/aromatic N) is 2. The molecule has 6 heteroatoms. The minimum absolute atomic E-state index is 0.115.